The smallest absolute Gasteiger partial charge is 0.437 e. The van der Waals surface area contributed by atoms with E-state index in [1.54, 1.807) is 26.8 Å². The fourth-order valence-electron chi connectivity index (χ4n) is 11.4. The van der Waals surface area contributed by atoms with Gasteiger partial charge < -0.3 is 9.84 Å². The Kier molecular flexibility index (Phi) is 7.65. The van der Waals surface area contributed by atoms with Gasteiger partial charge >= 0.3 is 24.3 Å². The van der Waals surface area contributed by atoms with Crippen molar-refractivity contribution in [2.45, 2.75) is 131 Å². The highest BCUT2D eigenvalue weighted by molar-refractivity contribution is 5.96. The van der Waals surface area contributed by atoms with Crippen LogP contribution < -0.4 is 0 Å². The molecular weight excluding hydrogens is 614 g/mol. The van der Waals surface area contributed by atoms with Gasteiger partial charge in [0.15, 0.2) is 5.78 Å². The van der Waals surface area contributed by atoms with E-state index < -0.39 is 68.8 Å². The Morgan fingerprint density at radius 3 is 1.96 bits per heavy atom. The molecule has 0 aromatic carbocycles. The number of ketones is 1. The molecule has 5 nitrogen and oxygen atoms in total. The van der Waals surface area contributed by atoms with Crippen LogP contribution in [0.4, 0.5) is 26.3 Å². The van der Waals surface area contributed by atoms with E-state index in [1.165, 1.54) is 0 Å². The molecule has 0 aromatic rings. The van der Waals surface area contributed by atoms with Crippen molar-refractivity contribution >= 4 is 17.7 Å². The third-order valence-electron chi connectivity index (χ3n) is 14.8. The van der Waals surface area contributed by atoms with E-state index in [1.807, 2.05) is 6.92 Å². The van der Waals surface area contributed by atoms with Crippen LogP contribution in [-0.2, 0) is 19.1 Å². The van der Waals surface area contributed by atoms with E-state index in [-0.39, 0.29) is 42.8 Å². The van der Waals surface area contributed by atoms with Crippen LogP contribution in [0.15, 0.2) is 11.6 Å². The summed E-state index contributed by atoms with van der Waals surface area (Å²) in [4.78, 5) is 40.1. The number of rotatable bonds is 3. The SMILES string of the molecule is CC1(C)[C@@H](C(=O)OC(C)(C(F)(F)F)C(F)(F)F)CC[C@]2(C)[C@H]3C(=O)C=C4[C@@H]5C[C@@](C)(C(=O)O)CC[C@]5(C)CC[C@@]4(C)[C@]3(C)CC[C@@H]12. The second-order valence-electron chi connectivity index (χ2n) is 17.4. The number of halogens is 6. The van der Waals surface area contributed by atoms with Crippen molar-refractivity contribution < 1.29 is 50.6 Å². The summed E-state index contributed by atoms with van der Waals surface area (Å²) < 4.78 is 86.2. The van der Waals surface area contributed by atoms with Gasteiger partial charge in [-0.1, -0.05) is 47.1 Å². The van der Waals surface area contributed by atoms with Crippen molar-refractivity contribution in [3.8, 4) is 0 Å². The van der Waals surface area contributed by atoms with Crippen molar-refractivity contribution in [3.63, 3.8) is 0 Å². The Hall–Kier alpha value is -2.07. The van der Waals surface area contributed by atoms with Gasteiger partial charge in [-0.05, 0) is 117 Å². The van der Waals surface area contributed by atoms with Gasteiger partial charge in [-0.15, -0.1) is 0 Å². The maximum Gasteiger partial charge on any atom is 0.437 e. The highest BCUT2D eigenvalue weighted by Crippen LogP contribution is 2.75. The Balaban J connectivity index is 1.51. The van der Waals surface area contributed by atoms with E-state index in [0.717, 1.165) is 24.8 Å². The van der Waals surface area contributed by atoms with Crippen LogP contribution >= 0.6 is 0 Å². The fourth-order valence-corrected chi connectivity index (χ4v) is 11.4. The molecule has 0 aliphatic heterocycles. The summed E-state index contributed by atoms with van der Waals surface area (Å²) >= 11 is 0. The Morgan fingerprint density at radius 1 is 0.848 bits per heavy atom. The second kappa shape index (κ2) is 9.99. The molecule has 0 spiro atoms. The molecule has 0 amide bonds. The first-order valence-electron chi connectivity index (χ1n) is 16.5. The van der Waals surface area contributed by atoms with Crippen LogP contribution in [0.5, 0.6) is 0 Å². The molecule has 46 heavy (non-hydrogen) atoms. The first-order chi connectivity index (χ1) is 20.6. The summed E-state index contributed by atoms with van der Waals surface area (Å²) in [6.07, 6.45) is -5.00. The molecule has 0 radical (unpaired) electrons. The minimum absolute atomic E-state index is 0.00453. The second-order valence-corrected chi connectivity index (χ2v) is 17.4. The number of alkyl halides is 6. The molecule has 4 fully saturated rings. The molecule has 260 valence electrons. The summed E-state index contributed by atoms with van der Waals surface area (Å²) in [5.74, 6) is -4.49. The van der Waals surface area contributed by atoms with E-state index >= 15 is 0 Å². The zero-order valence-corrected chi connectivity index (χ0v) is 28.1. The molecule has 4 saturated carbocycles. The minimum atomic E-state index is -5.86. The molecule has 5 aliphatic rings. The van der Waals surface area contributed by atoms with Gasteiger partial charge in [0.2, 0.25) is 0 Å². The summed E-state index contributed by atoms with van der Waals surface area (Å²) in [5, 5.41) is 10.1. The van der Waals surface area contributed by atoms with Crippen molar-refractivity contribution in [1.82, 2.24) is 0 Å². The van der Waals surface area contributed by atoms with E-state index in [9.17, 15) is 45.8 Å². The predicted octanol–water partition coefficient (Wildman–Crippen LogP) is 9.09. The summed E-state index contributed by atoms with van der Waals surface area (Å²) in [6.45, 7) is 13.6. The number of carbonyl (C=O) groups excluding carboxylic acids is 2. The molecule has 0 aromatic heterocycles. The topological polar surface area (TPSA) is 80.7 Å². The highest BCUT2D eigenvalue weighted by Gasteiger charge is 2.73. The lowest BCUT2D eigenvalue weighted by molar-refractivity contribution is -0.365. The average molecular weight is 663 g/mol. The maximum absolute atomic E-state index is 14.5. The van der Waals surface area contributed by atoms with Crippen LogP contribution in [-0.4, -0.2) is 40.8 Å². The third-order valence-corrected chi connectivity index (χ3v) is 14.8. The lowest BCUT2D eigenvalue weighted by atomic mass is 9.33. The average Bonchev–Trinajstić information content (AvgIpc) is 2.89. The number of hydrogen-bond acceptors (Lipinski definition) is 4. The molecule has 5 aliphatic carbocycles. The zero-order chi connectivity index (χ0) is 34.9. The highest BCUT2D eigenvalue weighted by atomic mass is 19.4. The van der Waals surface area contributed by atoms with Crippen LogP contribution in [0.1, 0.15) is 113 Å². The van der Waals surface area contributed by atoms with Crippen molar-refractivity contribution in [2.75, 3.05) is 0 Å². The number of fused-ring (bicyclic) bond motifs is 7. The van der Waals surface area contributed by atoms with Crippen LogP contribution in [0, 0.1) is 56.2 Å². The first kappa shape index (κ1) is 35.2. The van der Waals surface area contributed by atoms with Crippen molar-refractivity contribution in [1.29, 1.82) is 0 Å². The van der Waals surface area contributed by atoms with E-state index in [2.05, 4.69) is 25.5 Å². The van der Waals surface area contributed by atoms with Crippen LogP contribution in [0.25, 0.3) is 0 Å². The Bertz CT molecular complexity index is 1350. The molecule has 1 N–H and O–H groups in total. The minimum Gasteiger partial charge on any atom is -0.481 e. The standard InChI is InChI=1S/C35H48F6O5/c1-27(2)19(25(43)46-33(8,34(36,37)38)35(39,40)41)9-11-30(5)23(27)10-12-32(7)24(30)22(42)17-20-21-18-29(4,26(44)45)14-13-28(21,3)15-16-31(20,32)6/h17,19,21,23-24H,9-16,18H2,1-8H3,(H,44,45)/t19-,21+,23+,24-,28-,29+,30+,31-,32-/m1/s1. The number of aliphatic carboxylic acids is 1. The normalized spacial score (nSPS) is 44.1. The number of carboxylic acids is 1. The molecule has 0 heterocycles. The number of carbonyl (C=O) groups is 3. The molecule has 0 saturated heterocycles. The number of carboxylic acid groups (broad SMARTS) is 1. The van der Waals surface area contributed by atoms with Crippen LogP contribution in [0.3, 0.4) is 0 Å². The van der Waals surface area contributed by atoms with E-state index in [4.69, 9.17) is 0 Å². The summed E-state index contributed by atoms with van der Waals surface area (Å²) in [6, 6.07) is 0. The van der Waals surface area contributed by atoms with Crippen molar-refractivity contribution in [2.24, 2.45) is 56.2 Å². The van der Waals surface area contributed by atoms with Gasteiger partial charge in [0.1, 0.15) is 0 Å². The van der Waals surface area contributed by atoms with E-state index in [0.29, 0.717) is 25.7 Å². The molecule has 0 unspecified atom stereocenters. The maximum atomic E-state index is 14.5. The third kappa shape index (κ3) is 4.50. The monoisotopic (exact) mass is 662 g/mol. The fraction of sp³-hybridized carbons (Fsp3) is 0.857. The number of ether oxygens (including phenoxy) is 1. The van der Waals surface area contributed by atoms with Crippen molar-refractivity contribution in [3.05, 3.63) is 11.6 Å². The number of allylic oxidation sites excluding steroid dienone is 2. The predicted molar refractivity (Wildman–Crippen MR) is 157 cm³/mol. The number of hydrogen-bond donors (Lipinski definition) is 1. The first-order valence-corrected chi connectivity index (χ1v) is 16.5. The van der Waals surface area contributed by atoms with Gasteiger partial charge in [-0.3, -0.25) is 14.4 Å². The Labute approximate surface area is 267 Å². The number of esters is 1. The van der Waals surface area contributed by atoms with Crippen LogP contribution in [0.2, 0.25) is 0 Å². The van der Waals surface area contributed by atoms with Gasteiger partial charge in [-0.25, -0.2) is 0 Å². The molecular formula is C35H48F6O5. The quantitative estimate of drug-likeness (QED) is 0.241. The summed E-state index contributed by atoms with van der Waals surface area (Å²) in [7, 11) is 0. The summed E-state index contributed by atoms with van der Waals surface area (Å²) in [5.41, 5.74) is -7.24. The van der Waals surface area contributed by atoms with Gasteiger partial charge in [0, 0.05) is 5.92 Å². The zero-order valence-electron chi connectivity index (χ0n) is 28.1. The van der Waals surface area contributed by atoms with Gasteiger partial charge in [0.05, 0.1) is 11.3 Å². The molecule has 0 bridgehead atoms. The molecule has 11 heteroatoms. The van der Waals surface area contributed by atoms with Gasteiger partial charge in [0.25, 0.3) is 5.60 Å². The van der Waals surface area contributed by atoms with Gasteiger partial charge in [-0.2, -0.15) is 26.3 Å². The Morgan fingerprint density at radius 2 is 1.41 bits per heavy atom. The lowest BCUT2D eigenvalue weighted by Gasteiger charge is -2.70. The molecule has 5 rings (SSSR count). The molecule has 9 atom stereocenters. The lowest BCUT2D eigenvalue weighted by Crippen LogP contribution is -2.66. The largest absolute Gasteiger partial charge is 0.481 e.